The summed E-state index contributed by atoms with van der Waals surface area (Å²) in [6, 6.07) is 0. The third kappa shape index (κ3) is 13.5. The predicted octanol–water partition coefficient (Wildman–Crippen LogP) is 3.64. The van der Waals surface area contributed by atoms with Gasteiger partial charge in [-0.05, 0) is 20.3 Å². The lowest BCUT2D eigenvalue weighted by Gasteiger charge is -2.28. The van der Waals surface area contributed by atoms with Crippen LogP contribution >= 0.6 is 7.75 Å². The van der Waals surface area contributed by atoms with E-state index in [1.165, 1.54) is 7.05 Å². The highest BCUT2D eigenvalue weighted by Gasteiger charge is 2.39. The molecular formula is C21H40N3O11P. The minimum Gasteiger partial charge on any atom is -0.464 e. The zero-order valence-corrected chi connectivity index (χ0v) is 23.1. The highest BCUT2D eigenvalue weighted by molar-refractivity contribution is 7.52. The van der Waals surface area contributed by atoms with E-state index in [-0.39, 0.29) is 26.4 Å². The average Bonchev–Trinajstić information content (AvgIpc) is 2.76. The Hall–Kier alpha value is -2.57. The maximum atomic E-state index is 13.8. The van der Waals surface area contributed by atoms with Crippen molar-refractivity contribution >= 4 is 32.0 Å². The van der Waals surface area contributed by atoms with Crippen LogP contribution in [-0.2, 0) is 42.1 Å². The second kappa shape index (κ2) is 17.0. The minimum absolute atomic E-state index is 0.0324. The van der Waals surface area contributed by atoms with Crippen LogP contribution in [0.2, 0.25) is 0 Å². The molecule has 2 unspecified atom stereocenters. The van der Waals surface area contributed by atoms with Crippen LogP contribution in [-0.4, -0.2) is 75.1 Å². The van der Waals surface area contributed by atoms with Crippen LogP contribution in [0, 0.1) is 11.8 Å². The molecular weight excluding hydrogens is 501 g/mol. The fourth-order valence-electron chi connectivity index (χ4n) is 2.12. The summed E-state index contributed by atoms with van der Waals surface area (Å²) in [6.07, 6.45) is -4.40. The molecule has 14 nitrogen and oxygen atoms in total. The molecule has 0 amide bonds. The lowest BCUT2D eigenvalue weighted by Crippen LogP contribution is -2.38. The normalized spacial score (nSPS) is 15.0. The van der Waals surface area contributed by atoms with Gasteiger partial charge in [0, 0.05) is 18.9 Å². The molecule has 0 aliphatic heterocycles. The van der Waals surface area contributed by atoms with Crippen LogP contribution in [0.25, 0.3) is 0 Å². The van der Waals surface area contributed by atoms with Crippen molar-refractivity contribution < 1.29 is 51.7 Å². The Kier molecular flexibility index (Phi) is 15.8. The summed E-state index contributed by atoms with van der Waals surface area (Å²) in [6.45, 7) is 11.4. The summed E-state index contributed by atoms with van der Waals surface area (Å²) in [5.41, 5.74) is 5.95. The molecule has 2 N–H and O–H groups in total. The third-order valence-corrected chi connectivity index (χ3v) is 5.36. The Morgan fingerprint density at radius 2 is 1.31 bits per heavy atom. The van der Waals surface area contributed by atoms with Gasteiger partial charge in [-0.2, -0.15) is 0 Å². The van der Waals surface area contributed by atoms with E-state index in [2.05, 4.69) is 4.76 Å². The number of carbonyl (C=O) groups excluding carboxylic acids is 3. The monoisotopic (exact) mass is 541 g/mol. The number of hydrogen-bond acceptors (Lipinski definition) is 11. The van der Waals surface area contributed by atoms with Gasteiger partial charge in [0.1, 0.15) is 6.54 Å². The molecule has 15 heteroatoms. The van der Waals surface area contributed by atoms with Crippen molar-refractivity contribution in [2.24, 2.45) is 22.3 Å². The quantitative estimate of drug-likeness (QED) is 0.0795. The molecule has 0 aromatic rings. The van der Waals surface area contributed by atoms with Gasteiger partial charge in [0.05, 0.1) is 19.8 Å². The first-order valence-electron chi connectivity index (χ1n) is 11.6. The molecule has 0 aliphatic rings. The van der Waals surface area contributed by atoms with E-state index in [1.807, 2.05) is 6.92 Å². The molecule has 0 aliphatic carbocycles. The summed E-state index contributed by atoms with van der Waals surface area (Å²) in [5.74, 6) is -2.07. The van der Waals surface area contributed by atoms with E-state index in [9.17, 15) is 18.9 Å². The Morgan fingerprint density at radius 1 is 0.861 bits per heavy atom. The summed E-state index contributed by atoms with van der Waals surface area (Å²) < 4.78 is 53.3. The van der Waals surface area contributed by atoms with Crippen LogP contribution in [0.15, 0.2) is 4.76 Å². The second-order valence-electron chi connectivity index (χ2n) is 8.04. The molecule has 0 rings (SSSR count). The first-order chi connectivity index (χ1) is 16.8. The van der Waals surface area contributed by atoms with Crippen molar-refractivity contribution in [3.8, 4) is 0 Å². The molecule has 210 valence electrons. The Bertz CT molecular complexity index is 738. The van der Waals surface area contributed by atoms with Gasteiger partial charge >= 0.3 is 26.0 Å². The minimum atomic E-state index is -4.66. The topological polar surface area (TPSA) is 175 Å². The van der Waals surface area contributed by atoms with Gasteiger partial charge in [-0.25, -0.2) is 23.2 Å². The molecule has 0 heterocycles. The van der Waals surface area contributed by atoms with Gasteiger partial charge in [-0.3, -0.25) is 4.79 Å². The van der Waals surface area contributed by atoms with Crippen LogP contribution < -0.4 is 5.73 Å². The highest BCUT2D eigenvalue weighted by atomic mass is 31.2. The lowest BCUT2D eigenvalue weighted by atomic mass is 10.2. The predicted molar refractivity (Wildman–Crippen MR) is 129 cm³/mol. The molecule has 0 aromatic carbocycles. The molecule has 0 saturated carbocycles. The van der Waals surface area contributed by atoms with Crippen LogP contribution in [0.4, 0.5) is 9.59 Å². The van der Waals surface area contributed by atoms with E-state index in [0.717, 1.165) is 4.90 Å². The van der Waals surface area contributed by atoms with Crippen molar-refractivity contribution in [2.45, 2.75) is 67.5 Å². The summed E-state index contributed by atoms with van der Waals surface area (Å²) >= 11 is 0. The maximum Gasteiger partial charge on any atom is 0.510 e. The maximum absolute atomic E-state index is 13.8. The molecule has 0 fully saturated rings. The fourth-order valence-corrected chi connectivity index (χ4v) is 3.77. The van der Waals surface area contributed by atoms with Gasteiger partial charge in [-0.15, -0.1) is 4.76 Å². The van der Waals surface area contributed by atoms with Crippen molar-refractivity contribution in [3.63, 3.8) is 0 Å². The first kappa shape index (κ1) is 33.4. The van der Waals surface area contributed by atoms with E-state index in [0.29, 0.717) is 6.42 Å². The SMILES string of the molecule is CCCOC(=O)CN(C)C(N)=NP(=O)(OC(OC(=O)OCC)C(C)C)OC(OC(=O)OCC)C(C)C. The van der Waals surface area contributed by atoms with Gasteiger partial charge in [0.2, 0.25) is 18.5 Å². The number of carbonyl (C=O) groups is 3. The largest absolute Gasteiger partial charge is 0.510 e. The van der Waals surface area contributed by atoms with Gasteiger partial charge in [-0.1, -0.05) is 34.6 Å². The Labute approximate surface area is 212 Å². The van der Waals surface area contributed by atoms with E-state index in [1.54, 1.807) is 41.5 Å². The zero-order chi connectivity index (χ0) is 27.9. The van der Waals surface area contributed by atoms with Gasteiger partial charge < -0.3 is 34.3 Å². The number of ether oxygens (including phenoxy) is 5. The molecule has 2 atom stereocenters. The molecule has 0 bridgehead atoms. The number of nitrogens with zero attached hydrogens (tertiary/aromatic N) is 2. The second-order valence-corrected chi connectivity index (χ2v) is 9.60. The highest BCUT2D eigenvalue weighted by Crippen LogP contribution is 2.54. The molecule has 0 saturated heterocycles. The first-order valence-corrected chi connectivity index (χ1v) is 13.1. The smallest absolute Gasteiger partial charge is 0.464 e. The van der Waals surface area contributed by atoms with Crippen LogP contribution in [0.1, 0.15) is 54.9 Å². The number of guanidine groups is 1. The van der Waals surface area contributed by atoms with Crippen molar-refractivity contribution in [1.29, 1.82) is 0 Å². The Balaban J connectivity index is 6.08. The van der Waals surface area contributed by atoms with Crippen molar-refractivity contribution in [1.82, 2.24) is 4.90 Å². The molecule has 36 heavy (non-hydrogen) atoms. The van der Waals surface area contributed by atoms with Gasteiger partial charge in [0.15, 0.2) is 0 Å². The van der Waals surface area contributed by atoms with E-state index in [4.69, 9.17) is 38.5 Å². The summed E-state index contributed by atoms with van der Waals surface area (Å²) in [5, 5.41) is 0. The summed E-state index contributed by atoms with van der Waals surface area (Å²) in [7, 11) is -3.26. The third-order valence-electron chi connectivity index (χ3n) is 3.96. The van der Waals surface area contributed by atoms with E-state index >= 15 is 0 Å². The molecule has 0 spiro atoms. The van der Waals surface area contributed by atoms with Crippen molar-refractivity contribution in [2.75, 3.05) is 33.4 Å². The number of hydrogen-bond donors (Lipinski definition) is 1. The average molecular weight is 542 g/mol. The van der Waals surface area contributed by atoms with Crippen molar-refractivity contribution in [3.05, 3.63) is 0 Å². The van der Waals surface area contributed by atoms with E-state index < -0.39 is 56.4 Å². The number of nitrogens with two attached hydrogens (primary N) is 1. The van der Waals surface area contributed by atoms with Crippen LogP contribution in [0.5, 0.6) is 0 Å². The zero-order valence-electron chi connectivity index (χ0n) is 22.3. The molecule has 0 radical (unpaired) electrons. The Morgan fingerprint density at radius 3 is 1.67 bits per heavy atom. The van der Waals surface area contributed by atoms with Gasteiger partial charge in [0.25, 0.3) is 0 Å². The number of esters is 1. The standard InChI is InChI=1S/C21H40N3O11P/c1-9-12-31-16(25)13-24(8)19(22)23-36(28,34-17(14(4)5)32-20(26)29-10-2)35-18(15(6)7)33-21(27)30-11-3/h14-15,17-18H,9-13H2,1-8H3,(H2,22,23,28). The number of likely N-dealkylation sites (N-methyl/N-ethyl adjacent to an activating group) is 1. The summed E-state index contributed by atoms with van der Waals surface area (Å²) in [4.78, 5) is 36.8. The lowest BCUT2D eigenvalue weighted by molar-refractivity contribution is -0.143. The van der Waals surface area contributed by atoms with Crippen LogP contribution in [0.3, 0.4) is 0 Å². The molecule has 0 aromatic heterocycles. The number of rotatable bonds is 15. The fraction of sp³-hybridized carbons (Fsp3) is 0.810.